The summed E-state index contributed by atoms with van der Waals surface area (Å²) >= 11 is 0. The lowest BCUT2D eigenvalue weighted by Gasteiger charge is -2.42. The van der Waals surface area contributed by atoms with Crippen molar-refractivity contribution in [2.75, 3.05) is 14.2 Å². The van der Waals surface area contributed by atoms with Crippen molar-refractivity contribution in [1.82, 2.24) is 0 Å². The van der Waals surface area contributed by atoms with Crippen LogP contribution in [0.1, 0.15) is 11.1 Å². The highest BCUT2D eigenvalue weighted by Crippen LogP contribution is 2.29. The first-order valence-corrected chi connectivity index (χ1v) is 11.3. The van der Waals surface area contributed by atoms with E-state index in [1.54, 1.807) is 0 Å². The summed E-state index contributed by atoms with van der Waals surface area (Å²) in [6.07, 6.45) is -6.49. The van der Waals surface area contributed by atoms with Crippen molar-refractivity contribution in [2.24, 2.45) is 0 Å². The Bertz CT molecular complexity index is 1100. The van der Waals surface area contributed by atoms with Crippen LogP contribution in [0.2, 0.25) is 0 Å². The molecule has 1 fully saturated rings. The second-order valence-corrected chi connectivity index (χ2v) is 8.29. The molecular weight excluding hydrogens is 504 g/mol. The van der Waals surface area contributed by atoms with Crippen LogP contribution in [0.25, 0.3) is 12.2 Å². The van der Waals surface area contributed by atoms with E-state index < -0.39 is 48.6 Å². The smallest absolute Gasteiger partial charge is 0.331 e. The Balaban J connectivity index is 1.63. The van der Waals surface area contributed by atoms with E-state index in [0.29, 0.717) is 11.1 Å². The molecule has 1 aliphatic rings. The summed E-state index contributed by atoms with van der Waals surface area (Å²) in [6.45, 7) is 0. The number of methoxy groups -OCH3 is 2. The summed E-state index contributed by atoms with van der Waals surface area (Å²) in [5.41, 5.74) is 0.930. The first-order valence-electron chi connectivity index (χ1n) is 11.3. The molecule has 2 aromatic carbocycles. The lowest BCUT2D eigenvalue weighted by molar-refractivity contribution is -0.238. The molecule has 0 amide bonds. The molecule has 0 aromatic heterocycles. The van der Waals surface area contributed by atoms with Gasteiger partial charge in [0.2, 0.25) is 0 Å². The van der Waals surface area contributed by atoms with Gasteiger partial charge in [0.05, 0.1) is 14.2 Å². The van der Waals surface area contributed by atoms with Crippen molar-refractivity contribution in [3.63, 3.8) is 0 Å². The minimum absolute atomic E-state index is 0.102. The molecule has 204 valence electrons. The van der Waals surface area contributed by atoms with E-state index in [1.807, 2.05) is 0 Å². The number of phenolic OH excluding ortho intramolecular Hbond substituents is 2. The molecule has 1 saturated carbocycles. The summed E-state index contributed by atoms with van der Waals surface area (Å²) < 4.78 is 20.0. The van der Waals surface area contributed by atoms with Crippen LogP contribution in [0.4, 0.5) is 0 Å². The molecule has 0 heterocycles. The van der Waals surface area contributed by atoms with E-state index in [2.05, 4.69) is 0 Å². The molecule has 0 saturated heterocycles. The average molecular weight is 532 g/mol. The fourth-order valence-corrected chi connectivity index (χ4v) is 3.73. The Morgan fingerprint density at radius 3 is 1.32 bits per heavy atom. The molecule has 6 N–H and O–H groups in total. The highest BCUT2D eigenvalue weighted by molar-refractivity contribution is 5.88. The number of phenols is 2. The van der Waals surface area contributed by atoms with Crippen LogP contribution in [0.3, 0.4) is 0 Å². The van der Waals surface area contributed by atoms with Crippen LogP contribution >= 0.6 is 0 Å². The number of aliphatic hydroxyl groups excluding tert-OH is 4. The zero-order valence-corrected chi connectivity index (χ0v) is 20.4. The molecule has 12 heteroatoms. The minimum atomic E-state index is -1.90. The van der Waals surface area contributed by atoms with Crippen LogP contribution in [0.5, 0.6) is 23.0 Å². The number of hydrogen-bond donors (Lipinski definition) is 6. The van der Waals surface area contributed by atoms with E-state index in [0.717, 1.165) is 12.2 Å². The third-order valence-corrected chi connectivity index (χ3v) is 5.78. The molecule has 0 radical (unpaired) electrons. The zero-order valence-electron chi connectivity index (χ0n) is 20.4. The van der Waals surface area contributed by atoms with Crippen molar-refractivity contribution >= 4 is 24.1 Å². The SMILES string of the molecule is COc1cc(/C=C/C(=O)OC2[C@@H](O)[C@H](O)C(OC(=O)/C=C/c3ccc(O)c(OC)c3)[C@H](O)[C@@H]2O)ccc1O. The summed E-state index contributed by atoms with van der Waals surface area (Å²) in [6, 6.07) is 8.58. The van der Waals surface area contributed by atoms with Gasteiger partial charge in [-0.1, -0.05) is 12.1 Å². The summed E-state index contributed by atoms with van der Waals surface area (Å²) in [7, 11) is 2.71. The van der Waals surface area contributed by atoms with Crippen LogP contribution in [-0.4, -0.2) is 93.4 Å². The number of aliphatic hydroxyl groups is 4. The van der Waals surface area contributed by atoms with Gasteiger partial charge in [-0.2, -0.15) is 0 Å². The van der Waals surface area contributed by atoms with Gasteiger partial charge < -0.3 is 49.6 Å². The molecule has 0 bridgehead atoms. The number of hydrogen-bond acceptors (Lipinski definition) is 12. The number of carbonyl (C=O) groups is 2. The predicted molar refractivity (Wildman–Crippen MR) is 131 cm³/mol. The van der Waals surface area contributed by atoms with E-state index in [-0.39, 0.29) is 23.0 Å². The first kappa shape index (κ1) is 28.5. The van der Waals surface area contributed by atoms with Crippen molar-refractivity contribution < 1.29 is 59.2 Å². The van der Waals surface area contributed by atoms with Crippen molar-refractivity contribution in [3.05, 3.63) is 59.7 Å². The first-order chi connectivity index (χ1) is 18.0. The van der Waals surface area contributed by atoms with Gasteiger partial charge >= 0.3 is 11.9 Å². The normalized spacial score (nSPS) is 25.3. The standard InChI is InChI=1S/C26H28O12/c1-35-17-11-13(3-7-15(17)27)5-9-19(29)37-25-21(31)23(33)26(24(34)22(25)32)38-20(30)10-6-14-4-8-16(28)18(12-14)36-2/h3-12,21-28,31-34H,1-2H3/b9-5+,10-6+/t21-,22-,23-,24+,25?,26?/m0/s1. The second kappa shape index (κ2) is 12.4. The van der Waals surface area contributed by atoms with Gasteiger partial charge in [-0.3, -0.25) is 0 Å². The lowest BCUT2D eigenvalue weighted by atomic mass is 9.84. The van der Waals surface area contributed by atoms with Gasteiger partial charge in [-0.25, -0.2) is 9.59 Å². The quantitative estimate of drug-likeness (QED) is 0.199. The van der Waals surface area contributed by atoms with E-state index in [9.17, 15) is 40.2 Å². The van der Waals surface area contributed by atoms with Gasteiger partial charge in [0.1, 0.15) is 24.4 Å². The highest BCUT2D eigenvalue weighted by Gasteiger charge is 2.52. The van der Waals surface area contributed by atoms with Crippen LogP contribution in [0.15, 0.2) is 48.6 Å². The fraction of sp³-hybridized carbons (Fsp3) is 0.308. The second-order valence-electron chi connectivity index (χ2n) is 8.29. The maximum atomic E-state index is 12.3. The number of ether oxygens (including phenoxy) is 4. The molecule has 6 atom stereocenters. The number of benzene rings is 2. The fourth-order valence-electron chi connectivity index (χ4n) is 3.73. The van der Waals surface area contributed by atoms with E-state index in [1.165, 1.54) is 62.8 Å². The Hall–Kier alpha value is -4.10. The number of rotatable bonds is 8. The third kappa shape index (κ3) is 6.61. The van der Waals surface area contributed by atoms with Gasteiger partial charge in [-0.05, 0) is 47.5 Å². The Morgan fingerprint density at radius 2 is 1.00 bits per heavy atom. The van der Waals surface area contributed by atoms with Gasteiger partial charge in [0.15, 0.2) is 35.2 Å². The summed E-state index contributed by atoms with van der Waals surface area (Å²) in [5.74, 6) is -1.89. The van der Waals surface area contributed by atoms with Crippen molar-refractivity contribution in [3.8, 4) is 23.0 Å². The van der Waals surface area contributed by atoms with Crippen LogP contribution in [0, 0.1) is 0 Å². The zero-order chi connectivity index (χ0) is 28.0. The Morgan fingerprint density at radius 1 is 0.658 bits per heavy atom. The van der Waals surface area contributed by atoms with Crippen molar-refractivity contribution in [1.29, 1.82) is 0 Å². The average Bonchev–Trinajstić information content (AvgIpc) is 2.91. The number of aromatic hydroxyl groups is 2. The molecule has 2 unspecified atom stereocenters. The Kier molecular flexibility index (Phi) is 9.31. The highest BCUT2D eigenvalue weighted by atomic mass is 16.6. The topological polar surface area (TPSA) is 192 Å². The van der Waals surface area contributed by atoms with Gasteiger partial charge in [-0.15, -0.1) is 0 Å². The molecule has 12 nitrogen and oxygen atoms in total. The molecular formula is C26H28O12. The van der Waals surface area contributed by atoms with E-state index >= 15 is 0 Å². The maximum Gasteiger partial charge on any atom is 0.331 e. The summed E-state index contributed by atoms with van der Waals surface area (Å²) in [4.78, 5) is 24.5. The van der Waals surface area contributed by atoms with Crippen LogP contribution < -0.4 is 9.47 Å². The molecule has 38 heavy (non-hydrogen) atoms. The molecule has 0 aliphatic heterocycles. The molecule has 2 aromatic rings. The van der Waals surface area contributed by atoms with Gasteiger partial charge in [0.25, 0.3) is 0 Å². The van der Waals surface area contributed by atoms with Gasteiger partial charge in [0, 0.05) is 12.2 Å². The largest absolute Gasteiger partial charge is 0.504 e. The number of esters is 2. The van der Waals surface area contributed by atoms with Crippen LogP contribution in [-0.2, 0) is 19.1 Å². The molecule has 1 aliphatic carbocycles. The van der Waals surface area contributed by atoms with E-state index in [4.69, 9.17) is 18.9 Å². The number of carbonyl (C=O) groups excluding carboxylic acids is 2. The maximum absolute atomic E-state index is 12.3. The monoisotopic (exact) mass is 532 g/mol. The Labute approximate surface area is 217 Å². The van der Waals surface area contributed by atoms with Crippen molar-refractivity contribution in [2.45, 2.75) is 36.6 Å². The molecule has 3 rings (SSSR count). The lowest BCUT2D eigenvalue weighted by Crippen LogP contribution is -2.65. The third-order valence-electron chi connectivity index (χ3n) is 5.78. The molecule has 0 spiro atoms. The predicted octanol–water partition coefficient (Wildman–Crippen LogP) is 0.122. The summed E-state index contributed by atoms with van der Waals surface area (Å²) in [5, 5.41) is 60.9. The minimum Gasteiger partial charge on any atom is -0.504 e.